The molecular formula is C20H20ClN2OS+. The lowest BCUT2D eigenvalue weighted by Crippen LogP contribution is -3.08. The van der Waals surface area contributed by atoms with Gasteiger partial charge in [-0.3, -0.25) is 4.79 Å². The maximum Gasteiger partial charge on any atom is 0.279 e. The number of carbonyl (C=O) groups excluding carboxylic acids is 1. The van der Waals surface area contributed by atoms with E-state index in [-0.39, 0.29) is 5.91 Å². The molecule has 0 aliphatic rings. The zero-order valence-electron chi connectivity index (χ0n) is 14.0. The molecular weight excluding hydrogens is 352 g/mol. The Morgan fingerprint density at radius 3 is 2.48 bits per heavy atom. The molecule has 3 nitrogen and oxygen atoms in total. The predicted molar refractivity (Wildman–Crippen MR) is 105 cm³/mol. The minimum absolute atomic E-state index is 0.00327. The molecule has 0 fully saturated rings. The molecule has 0 saturated heterocycles. The fourth-order valence-electron chi connectivity index (χ4n) is 2.74. The number of hydrogen-bond acceptors (Lipinski definition) is 2. The number of nitrogens with one attached hydrogen (secondary N) is 2. The van der Waals surface area contributed by atoms with Crippen molar-refractivity contribution in [3.63, 3.8) is 0 Å². The number of carbonyl (C=O) groups is 1. The molecule has 0 spiro atoms. The topological polar surface area (TPSA) is 33.5 Å². The molecule has 3 aromatic rings. The van der Waals surface area contributed by atoms with Crippen molar-refractivity contribution < 1.29 is 9.69 Å². The van der Waals surface area contributed by atoms with E-state index in [1.807, 2.05) is 73.8 Å². The number of amides is 1. The van der Waals surface area contributed by atoms with Crippen LogP contribution in [-0.4, -0.2) is 19.5 Å². The fraction of sp³-hybridized carbons (Fsp3) is 0.150. The third kappa shape index (κ3) is 4.92. The van der Waals surface area contributed by atoms with E-state index in [1.165, 1.54) is 4.88 Å². The fourth-order valence-corrected chi connectivity index (χ4v) is 3.94. The summed E-state index contributed by atoms with van der Waals surface area (Å²) in [5.74, 6) is 0.00327. The number of anilines is 1. The Balaban J connectivity index is 1.65. The number of likely N-dealkylation sites (N-methyl/N-ethyl adjacent to an activating group) is 1. The number of thiophene rings is 1. The van der Waals surface area contributed by atoms with E-state index in [2.05, 4.69) is 5.32 Å². The molecule has 1 heterocycles. The van der Waals surface area contributed by atoms with Crippen molar-refractivity contribution in [1.82, 2.24) is 0 Å². The van der Waals surface area contributed by atoms with Crippen LogP contribution in [0.3, 0.4) is 0 Å². The first-order chi connectivity index (χ1) is 12.1. The largest absolute Gasteiger partial charge is 0.325 e. The summed E-state index contributed by atoms with van der Waals surface area (Å²) in [6.07, 6.45) is 0. The zero-order valence-corrected chi connectivity index (χ0v) is 15.5. The van der Waals surface area contributed by atoms with Crippen LogP contribution >= 0.6 is 22.9 Å². The van der Waals surface area contributed by atoms with Gasteiger partial charge < -0.3 is 10.2 Å². The number of halogens is 1. The van der Waals surface area contributed by atoms with E-state index in [9.17, 15) is 4.79 Å². The highest BCUT2D eigenvalue weighted by atomic mass is 35.5. The van der Waals surface area contributed by atoms with Gasteiger partial charge in [0.15, 0.2) is 6.54 Å². The van der Waals surface area contributed by atoms with E-state index in [0.29, 0.717) is 6.54 Å². The predicted octanol–water partition coefficient (Wildman–Crippen LogP) is 3.72. The minimum Gasteiger partial charge on any atom is -0.325 e. The molecule has 0 saturated carbocycles. The molecule has 2 N–H and O–H groups in total. The summed E-state index contributed by atoms with van der Waals surface area (Å²) in [5.41, 5.74) is 2.96. The lowest BCUT2D eigenvalue weighted by atomic mass is 10.0. The van der Waals surface area contributed by atoms with Crippen molar-refractivity contribution in [3.05, 3.63) is 75.9 Å². The molecule has 0 aliphatic heterocycles. The normalized spacial score (nSPS) is 11.9. The number of benzene rings is 2. The average Bonchev–Trinajstić information content (AvgIpc) is 3.00. The summed E-state index contributed by atoms with van der Waals surface area (Å²) in [6, 6.07) is 21.9. The second-order valence-corrected chi connectivity index (χ2v) is 7.78. The molecule has 0 radical (unpaired) electrons. The van der Waals surface area contributed by atoms with E-state index in [1.54, 1.807) is 11.3 Å². The highest BCUT2D eigenvalue weighted by Crippen LogP contribution is 2.27. The number of para-hydroxylation sites is 1. The van der Waals surface area contributed by atoms with Gasteiger partial charge in [0.25, 0.3) is 5.91 Å². The second-order valence-electron chi connectivity index (χ2n) is 5.98. The van der Waals surface area contributed by atoms with Gasteiger partial charge in [0.2, 0.25) is 0 Å². The van der Waals surface area contributed by atoms with Crippen LogP contribution in [0.2, 0.25) is 4.34 Å². The Morgan fingerprint density at radius 1 is 1.04 bits per heavy atom. The maximum absolute atomic E-state index is 12.4. The van der Waals surface area contributed by atoms with E-state index in [0.717, 1.165) is 32.6 Å². The van der Waals surface area contributed by atoms with Crippen molar-refractivity contribution in [3.8, 4) is 11.1 Å². The summed E-state index contributed by atoms with van der Waals surface area (Å²) in [7, 11) is 2.01. The van der Waals surface area contributed by atoms with Gasteiger partial charge in [-0.1, -0.05) is 60.1 Å². The highest BCUT2D eigenvalue weighted by molar-refractivity contribution is 7.16. The van der Waals surface area contributed by atoms with Crippen molar-refractivity contribution in [1.29, 1.82) is 0 Å². The third-order valence-electron chi connectivity index (χ3n) is 3.85. The van der Waals surface area contributed by atoms with Gasteiger partial charge in [-0.15, -0.1) is 11.3 Å². The number of rotatable bonds is 6. The lowest BCUT2D eigenvalue weighted by molar-refractivity contribution is -0.884. The van der Waals surface area contributed by atoms with Crippen LogP contribution in [0, 0.1) is 0 Å². The standard InChI is InChI=1S/C20H19ClN2OS/c1-23(13-16-11-12-19(21)25-16)14-20(24)22-18-10-6-5-9-17(18)15-7-3-2-4-8-15/h2-12H,13-14H2,1H3,(H,22,24)/p+1. The first-order valence-electron chi connectivity index (χ1n) is 8.11. The molecule has 0 aliphatic carbocycles. The van der Waals surface area contributed by atoms with E-state index >= 15 is 0 Å². The Bertz CT molecular complexity index is 848. The summed E-state index contributed by atoms with van der Waals surface area (Å²) in [6.45, 7) is 1.18. The van der Waals surface area contributed by atoms with Gasteiger partial charge >= 0.3 is 0 Å². The SMILES string of the molecule is C[NH+](CC(=O)Nc1ccccc1-c1ccccc1)Cc1ccc(Cl)s1. The first kappa shape index (κ1) is 17.7. The van der Waals surface area contributed by atoms with Crippen molar-refractivity contribution in [2.24, 2.45) is 0 Å². The van der Waals surface area contributed by atoms with Crippen molar-refractivity contribution in [2.45, 2.75) is 6.54 Å². The molecule has 128 valence electrons. The summed E-state index contributed by atoms with van der Waals surface area (Å²) in [4.78, 5) is 14.7. The average molecular weight is 372 g/mol. The summed E-state index contributed by atoms with van der Waals surface area (Å²) < 4.78 is 0.782. The van der Waals surface area contributed by atoms with Crippen LogP contribution in [0.15, 0.2) is 66.7 Å². The Labute approximate surface area is 156 Å². The van der Waals surface area contributed by atoms with Gasteiger partial charge in [0.1, 0.15) is 6.54 Å². The number of hydrogen-bond donors (Lipinski definition) is 2. The lowest BCUT2D eigenvalue weighted by Gasteiger charge is -2.15. The molecule has 0 bridgehead atoms. The molecule has 25 heavy (non-hydrogen) atoms. The summed E-state index contributed by atoms with van der Waals surface area (Å²) >= 11 is 7.52. The van der Waals surface area contributed by atoms with Gasteiger partial charge in [0, 0.05) is 11.3 Å². The van der Waals surface area contributed by atoms with E-state index < -0.39 is 0 Å². The monoisotopic (exact) mass is 371 g/mol. The Morgan fingerprint density at radius 2 is 1.76 bits per heavy atom. The molecule has 1 atom stereocenters. The van der Waals surface area contributed by atoms with Crippen LogP contribution in [0.1, 0.15) is 4.88 Å². The highest BCUT2D eigenvalue weighted by Gasteiger charge is 2.14. The Kier molecular flexibility index (Phi) is 5.87. The van der Waals surface area contributed by atoms with Crippen molar-refractivity contribution >= 4 is 34.5 Å². The van der Waals surface area contributed by atoms with Crippen LogP contribution < -0.4 is 10.2 Å². The molecule has 1 aromatic heterocycles. The second kappa shape index (κ2) is 8.30. The van der Waals surface area contributed by atoms with Gasteiger partial charge in [-0.2, -0.15) is 0 Å². The molecule has 3 rings (SSSR count). The minimum atomic E-state index is 0.00327. The van der Waals surface area contributed by atoms with Crippen LogP contribution in [0.5, 0.6) is 0 Å². The molecule has 5 heteroatoms. The number of quaternary nitrogens is 1. The van der Waals surface area contributed by atoms with Crippen LogP contribution in [0.25, 0.3) is 11.1 Å². The molecule has 1 unspecified atom stereocenters. The first-order valence-corrected chi connectivity index (χ1v) is 9.31. The quantitative estimate of drug-likeness (QED) is 0.680. The van der Waals surface area contributed by atoms with Crippen molar-refractivity contribution in [2.75, 3.05) is 18.9 Å². The molecule has 1 amide bonds. The zero-order chi connectivity index (χ0) is 17.6. The smallest absolute Gasteiger partial charge is 0.279 e. The maximum atomic E-state index is 12.4. The van der Waals surface area contributed by atoms with Gasteiger partial charge in [0.05, 0.1) is 16.3 Å². The van der Waals surface area contributed by atoms with Crippen LogP contribution in [-0.2, 0) is 11.3 Å². The third-order valence-corrected chi connectivity index (χ3v) is 5.08. The van der Waals surface area contributed by atoms with Gasteiger partial charge in [-0.25, -0.2) is 0 Å². The van der Waals surface area contributed by atoms with Crippen LogP contribution in [0.4, 0.5) is 5.69 Å². The summed E-state index contributed by atoms with van der Waals surface area (Å²) in [5, 5.41) is 3.05. The Hall–Kier alpha value is -2.14. The van der Waals surface area contributed by atoms with Gasteiger partial charge in [-0.05, 0) is 23.8 Å². The molecule has 2 aromatic carbocycles. The van der Waals surface area contributed by atoms with E-state index in [4.69, 9.17) is 11.6 Å².